The summed E-state index contributed by atoms with van der Waals surface area (Å²) in [5.41, 5.74) is 0.0479. The highest BCUT2D eigenvalue weighted by Gasteiger charge is 2.30. The molecule has 17 heavy (non-hydrogen) atoms. The van der Waals surface area contributed by atoms with Crippen molar-refractivity contribution >= 4 is 25.8 Å². The van der Waals surface area contributed by atoms with Crippen LogP contribution in [0.5, 0.6) is 0 Å². The number of hydrogen-bond donors (Lipinski definition) is 0. The maximum atomic E-state index is 12.2. The Balaban J connectivity index is 2.58. The Labute approximate surface area is 115 Å². The van der Waals surface area contributed by atoms with Gasteiger partial charge in [0.05, 0.1) is 11.5 Å². The molecule has 0 radical (unpaired) electrons. The summed E-state index contributed by atoms with van der Waals surface area (Å²) in [6.07, 6.45) is 4.63. The van der Waals surface area contributed by atoms with Crippen LogP contribution in [-0.2, 0) is 9.84 Å². The van der Waals surface area contributed by atoms with Crippen LogP contribution in [0.4, 0.5) is 0 Å². The molecule has 0 heterocycles. The summed E-state index contributed by atoms with van der Waals surface area (Å²) in [6.45, 7) is 6.35. The summed E-state index contributed by atoms with van der Waals surface area (Å²) in [7, 11) is -2.89. The van der Waals surface area contributed by atoms with Crippen LogP contribution in [0.25, 0.3) is 0 Å². The van der Waals surface area contributed by atoms with Gasteiger partial charge in [-0.1, -0.05) is 49.5 Å². The van der Waals surface area contributed by atoms with E-state index < -0.39 is 9.84 Å². The first-order valence-electron chi connectivity index (χ1n) is 6.51. The topological polar surface area (TPSA) is 34.1 Å². The third-order valence-electron chi connectivity index (χ3n) is 3.83. The molecule has 4 heteroatoms. The van der Waals surface area contributed by atoms with Gasteiger partial charge >= 0.3 is 0 Å². The molecule has 1 saturated carbocycles. The van der Waals surface area contributed by atoms with E-state index in [4.69, 9.17) is 0 Å². The van der Waals surface area contributed by atoms with Crippen molar-refractivity contribution in [1.82, 2.24) is 0 Å². The van der Waals surface area contributed by atoms with E-state index in [0.717, 1.165) is 18.2 Å². The largest absolute Gasteiger partial charge is 0.229 e. The standard InChI is InChI=1S/C13H25BrO2S/c1-13(2,3)12(8-14)10-17(15,16)9-11-6-4-5-7-11/h11-12H,4-10H2,1-3H3. The predicted molar refractivity (Wildman–Crippen MR) is 77.4 cm³/mol. The quantitative estimate of drug-likeness (QED) is 0.723. The van der Waals surface area contributed by atoms with Gasteiger partial charge in [-0.2, -0.15) is 0 Å². The number of sulfone groups is 1. The monoisotopic (exact) mass is 324 g/mol. The van der Waals surface area contributed by atoms with Crippen molar-refractivity contribution < 1.29 is 8.42 Å². The molecule has 1 fully saturated rings. The second-order valence-electron chi connectivity index (χ2n) is 6.44. The van der Waals surface area contributed by atoms with Crippen LogP contribution in [0.15, 0.2) is 0 Å². The van der Waals surface area contributed by atoms with Crippen LogP contribution >= 0.6 is 15.9 Å². The molecule has 1 rings (SSSR count). The highest BCUT2D eigenvalue weighted by atomic mass is 79.9. The molecule has 0 saturated heterocycles. The molecule has 0 aliphatic heterocycles. The summed E-state index contributed by atoms with van der Waals surface area (Å²) >= 11 is 3.45. The van der Waals surface area contributed by atoms with E-state index in [0.29, 0.717) is 17.4 Å². The highest BCUT2D eigenvalue weighted by molar-refractivity contribution is 9.09. The van der Waals surface area contributed by atoms with E-state index in [1.807, 2.05) is 0 Å². The smallest absolute Gasteiger partial charge is 0.150 e. The van der Waals surface area contributed by atoms with Crippen molar-refractivity contribution in [1.29, 1.82) is 0 Å². The fourth-order valence-corrected chi connectivity index (χ4v) is 6.36. The molecular weight excluding hydrogens is 300 g/mol. The van der Waals surface area contributed by atoms with Crippen molar-refractivity contribution in [3.05, 3.63) is 0 Å². The van der Waals surface area contributed by atoms with Crippen molar-refractivity contribution in [2.45, 2.75) is 46.5 Å². The van der Waals surface area contributed by atoms with Crippen molar-refractivity contribution in [3.63, 3.8) is 0 Å². The molecule has 1 atom stereocenters. The average molecular weight is 325 g/mol. The lowest BCUT2D eigenvalue weighted by atomic mass is 9.83. The Morgan fingerprint density at radius 1 is 1.24 bits per heavy atom. The second-order valence-corrected chi connectivity index (χ2v) is 9.25. The van der Waals surface area contributed by atoms with Gasteiger partial charge in [-0.3, -0.25) is 0 Å². The number of alkyl halides is 1. The van der Waals surface area contributed by atoms with Gasteiger partial charge in [0.15, 0.2) is 9.84 Å². The van der Waals surface area contributed by atoms with Crippen LogP contribution < -0.4 is 0 Å². The fourth-order valence-electron chi connectivity index (χ4n) is 2.44. The van der Waals surface area contributed by atoms with E-state index in [9.17, 15) is 8.42 Å². The minimum absolute atomic E-state index is 0.0479. The molecule has 102 valence electrons. The van der Waals surface area contributed by atoms with Crippen LogP contribution in [0.3, 0.4) is 0 Å². The van der Waals surface area contributed by atoms with Crippen LogP contribution in [-0.4, -0.2) is 25.3 Å². The Morgan fingerprint density at radius 2 is 1.76 bits per heavy atom. The average Bonchev–Trinajstić information content (AvgIpc) is 2.64. The molecular formula is C13H25BrO2S. The Morgan fingerprint density at radius 3 is 2.18 bits per heavy atom. The van der Waals surface area contributed by atoms with Gasteiger partial charge in [-0.25, -0.2) is 8.42 Å². The molecule has 2 nitrogen and oxygen atoms in total. The van der Waals surface area contributed by atoms with Gasteiger partial charge in [0, 0.05) is 5.33 Å². The van der Waals surface area contributed by atoms with Gasteiger partial charge in [-0.15, -0.1) is 0 Å². The molecule has 1 unspecified atom stereocenters. The highest BCUT2D eigenvalue weighted by Crippen LogP contribution is 2.31. The zero-order valence-corrected chi connectivity index (χ0v) is 13.6. The van der Waals surface area contributed by atoms with Gasteiger partial charge in [0.1, 0.15) is 0 Å². The van der Waals surface area contributed by atoms with Gasteiger partial charge in [-0.05, 0) is 30.1 Å². The van der Waals surface area contributed by atoms with Crippen molar-refractivity contribution in [2.75, 3.05) is 16.8 Å². The molecule has 0 aromatic carbocycles. The molecule has 0 bridgehead atoms. The van der Waals surface area contributed by atoms with E-state index in [2.05, 4.69) is 36.7 Å². The lowest BCUT2D eigenvalue weighted by molar-refractivity contribution is 0.291. The summed E-state index contributed by atoms with van der Waals surface area (Å²) in [4.78, 5) is 0. The Bertz CT molecular complexity index is 324. The first-order valence-corrected chi connectivity index (χ1v) is 9.45. The van der Waals surface area contributed by atoms with Gasteiger partial charge in [0.25, 0.3) is 0 Å². The van der Waals surface area contributed by atoms with Crippen molar-refractivity contribution in [3.8, 4) is 0 Å². The molecule has 0 aromatic rings. The summed E-state index contributed by atoms with van der Waals surface area (Å²) < 4.78 is 24.4. The maximum Gasteiger partial charge on any atom is 0.150 e. The zero-order valence-electron chi connectivity index (χ0n) is 11.2. The fraction of sp³-hybridized carbons (Fsp3) is 1.00. The maximum absolute atomic E-state index is 12.2. The summed E-state index contributed by atoms with van der Waals surface area (Å²) in [5, 5.41) is 0.764. The second kappa shape index (κ2) is 6.05. The van der Waals surface area contributed by atoms with Crippen LogP contribution in [0.2, 0.25) is 0 Å². The van der Waals surface area contributed by atoms with Crippen LogP contribution in [0.1, 0.15) is 46.5 Å². The molecule has 0 N–H and O–H groups in total. The third kappa shape index (κ3) is 5.29. The SMILES string of the molecule is CC(C)(C)C(CBr)CS(=O)(=O)CC1CCCC1. The van der Waals surface area contributed by atoms with E-state index in [1.54, 1.807) is 0 Å². The molecule has 0 amide bonds. The summed E-state index contributed by atoms with van der Waals surface area (Å²) in [5.74, 6) is 1.37. The molecule has 1 aliphatic rings. The van der Waals surface area contributed by atoms with Crippen molar-refractivity contribution in [2.24, 2.45) is 17.3 Å². The van der Waals surface area contributed by atoms with E-state index in [1.165, 1.54) is 12.8 Å². The zero-order chi connectivity index (χ0) is 13.1. The first kappa shape index (κ1) is 15.5. The number of hydrogen-bond acceptors (Lipinski definition) is 2. The lowest BCUT2D eigenvalue weighted by Gasteiger charge is -2.29. The van der Waals surface area contributed by atoms with E-state index >= 15 is 0 Å². The predicted octanol–water partition coefficient (Wildman–Crippen LogP) is 3.65. The number of halogens is 1. The molecule has 0 aromatic heterocycles. The Hall–Kier alpha value is 0.430. The van der Waals surface area contributed by atoms with Crippen LogP contribution in [0, 0.1) is 17.3 Å². The van der Waals surface area contributed by atoms with E-state index in [-0.39, 0.29) is 11.3 Å². The lowest BCUT2D eigenvalue weighted by Crippen LogP contribution is -2.31. The Kier molecular flexibility index (Phi) is 5.51. The molecule has 1 aliphatic carbocycles. The molecule has 0 spiro atoms. The van der Waals surface area contributed by atoms with Gasteiger partial charge < -0.3 is 0 Å². The first-order chi connectivity index (χ1) is 7.74. The minimum atomic E-state index is -2.89. The normalized spacial score (nSPS) is 20.7. The third-order valence-corrected chi connectivity index (χ3v) is 6.50. The minimum Gasteiger partial charge on any atom is -0.229 e. The number of rotatable bonds is 5. The summed E-state index contributed by atoms with van der Waals surface area (Å²) in [6, 6.07) is 0. The van der Waals surface area contributed by atoms with Gasteiger partial charge in [0.2, 0.25) is 0 Å².